The third-order valence-electron chi connectivity index (χ3n) is 2.65. The Kier molecular flexibility index (Phi) is 4.30. The fraction of sp³-hybridized carbons (Fsp3) is 0.231. The molecule has 1 heterocycles. The first-order valence-corrected chi connectivity index (χ1v) is 6.19. The predicted molar refractivity (Wildman–Crippen MR) is 75.9 cm³/mol. The molecule has 0 bridgehead atoms. The van der Waals surface area contributed by atoms with E-state index in [9.17, 15) is 0 Å². The number of aryl methyl sites for hydroxylation is 1. The van der Waals surface area contributed by atoms with Crippen molar-refractivity contribution in [3.63, 3.8) is 0 Å². The molecule has 94 valence electrons. The van der Waals surface area contributed by atoms with Gasteiger partial charge in [-0.15, -0.1) is 0 Å². The first kappa shape index (κ1) is 12.6. The summed E-state index contributed by atoms with van der Waals surface area (Å²) in [6, 6.07) is 12.1. The van der Waals surface area contributed by atoms with Gasteiger partial charge in [0.25, 0.3) is 0 Å². The Morgan fingerprint density at radius 3 is 2.56 bits per heavy atom. The van der Waals surface area contributed by atoms with E-state index in [0.717, 1.165) is 12.2 Å². The van der Waals surface area contributed by atoms with E-state index in [0.29, 0.717) is 11.7 Å². The number of thiocarbonyl (C=S) groups is 1. The first-order valence-electron chi connectivity index (χ1n) is 5.78. The zero-order valence-electron chi connectivity index (χ0n) is 10.3. The molecule has 0 spiro atoms. The highest BCUT2D eigenvalue weighted by molar-refractivity contribution is 7.80. The van der Waals surface area contributed by atoms with Gasteiger partial charge < -0.3 is 10.6 Å². The van der Waals surface area contributed by atoms with Crippen LogP contribution in [0.15, 0.2) is 42.6 Å². The summed E-state index contributed by atoms with van der Waals surface area (Å²) in [6.45, 7) is 1.41. The van der Waals surface area contributed by atoms with Crippen LogP contribution in [0.3, 0.4) is 0 Å². The maximum Gasteiger partial charge on any atom is 0.166 e. The first-order chi connectivity index (χ1) is 8.75. The zero-order chi connectivity index (χ0) is 12.8. The van der Waals surface area contributed by atoms with Crippen LogP contribution in [-0.2, 0) is 20.1 Å². The van der Waals surface area contributed by atoms with Gasteiger partial charge in [0.05, 0.1) is 12.2 Å². The van der Waals surface area contributed by atoms with Crippen LogP contribution in [-0.4, -0.2) is 14.9 Å². The van der Waals surface area contributed by atoms with Crippen LogP contribution in [0.4, 0.5) is 0 Å². The summed E-state index contributed by atoms with van der Waals surface area (Å²) in [6.07, 6.45) is 1.78. The molecule has 0 fully saturated rings. The molecule has 5 heteroatoms. The van der Waals surface area contributed by atoms with E-state index in [2.05, 4.69) is 27.9 Å². The molecule has 0 aliphatic rings. The van der Waals surface area contributed by atoms with Crippen molar-refractivity contribution in [1.29, 1.82) is 0 Å². The average molecular weight is 260 g/mol. The van der Waals surface area contributed by atoms with Crippen LogP contribution in [0, 0.1) is 0 Å². The van der Waals surface area contributed by atoms with Crippen molar-refractivity contribution in [2.45, 2.75) is 13.1 Å². The van der Waals surface area contributed by atoms with Gasteiger partial charge in [-0.25, -0.2) is 0 Å². The molecule has 2 rings (SSSR count). The SMILES string of the molecule is Cn1nccc1CNC(=S)NCc1ccccc1. The van der Waals surface area contributed by atoms with E-state index in [1.165, 1.54) is 5.56 Å². The van der Waals surface area contributed by atoms with E-state index < -0.39 is 0 Å². The minimum atomic E-state index is 0.653. The minimum Gasteiger partial charge on any atom is -0.359 e. The van der Waals surface area contributed by atoms with Gasteiger partial charge in [-0.2, -0.15) is 5.10 Å². The fourth-order valence-electron chi connectivity index (χ4n) is 1.59. The van der Waals surface area contributed by atoms with E-state index in [4.69, 9.17) is 12.2 Å². The van der Waals surface area contributed by atoms with Crippen LogP contribution in [0.2, 0.25) is 0 Å². The third-order valence-corrected chi connectivity index (χ3v) is 2.94. The summed E-state index contributed by atoms with van der Waals surface area (Å²) in [5, 5.41) is 11.1. The van der Waals surface area contributed by atoms with Crippen molar-refractivity contribution in [3.05, 3.63) is 53.9 Å². The highest BCUT2D eigenvalue weighted by Crippen LogP contribution is 1.97. The molecule has 1 aromatic heterocycles. The predicted octanol–water partition coefficient (Wildman–Crippen LogP) is 1.58. The minimum absolute atomic E-state index is 0.653. The summed E-state index contributed by atoms with van der Waals surface area (Å²) < 4.78 is 1.83. The molecule has 0 atom stereocenters. The number of hydrogen-bond acceptors (Lipinski definition) is 2. The van der Waals surface area contributed by atoms with E-state index in [1.54, 1.807) is 6.20 Å². The zero-order valence-corrected chi connectivity index (χ0v) is 11.1. The van der Waals surface area contributed by atoms with Crippen molar-refractivity contribution in [1.82, 2.24) is 20.4 Å². The van der Waals surface area contributed by atoms with Crippen molar-refractivity contribution in [2.75, 3.05) is 0 Å². The third kappa shape index (κ3) is 3.56. The molecule has 2 aromatic rings. The summed E-state index contributed by atoms with van der Waals surface area (Å²) in [4.78, 5) is 0. The standard InChI is InChI=1S/C13H16N4S/c1-17-12(7-8-16-17)10-15-13(18)14-9-11-5-3-2-4-6-11/h2-8H,9-10H2,1H3,(H2,14,15,18). The lowest BCUT2D eigenvalue weighted by atomic mass is 10.2. The molecular formula is C13H16N4S. The molecule has 0 saturated heterocycles. The maximum absolute atomic E-state index is 5.22. The molecule has 4 nitrogen and oxygen atoms in total. The molecule has 2 N–H and O–H groups in total. The van der Waals surface area contributed by atoms with Gasteiger partial charge in [-0.3, -0.25) is 4.68 Å². The molecule has 18 heavy (non-hydrogen) atoms. The Hall–Kier alpha value is -1.88. The summed E-state index contributed by atoms with van der Waals surface area (Å²) >= 11 is 5.22. The summed E-state index contributed by atoms with van der Waals surface area (Å²) in [7, 11) is 1.91. The second kappa shape index (κ2) is 6.16. The van der Waals surface area contributed by atoms with Crippen molar-refractivity contribution in [2.24, 2.45) is 7.05 Å². The quantitative estimate of drug-likeness (QED) is 0.819. The van der Waals surface area contributed by atoms with Crippen LogP contribution in [0.5, 0.6) is 0 Å². The lowest BCUT2D eigenvalue weighted by molar-refractivity contribution is 0.688. The van der Waals surface area contributed by atoms with Crippen LogP contribution in [0.1, 0.15) is 11.3 Å². The largest absolute Gasteiger partial charge is 0.359 e. The van der Waals surface area contributed by atoms with E-state index in [1.807, 2.05) is 36.0 Å². The van der Waals surface area contributed by atoms with Crippen LogP contribution < -0.4 is 10.6 Å². The van der Waals surface area contributed by atoms with Crippen LogP contribution >= 0.6 is 12.2 Å². The molecule has 0 aliphatic carbocycles. The van der Waals surface area contributed by atoms with E-state index >= 15 is 0 Å². The molecule has 0 aliphatic heterocycles. The highest BCUT2D eigenvalue weighted by Gasteiger charge is 2.00. The lowest BCUT2D eigenvalue weighted by Gasteiger charge is -2.10. The average Bonchev–Trinajstić information content (AvgIpc) is 2.81. The number of nitrogens with zero attached hydrogens (tertiary/aromatic N) is 2. The molecule has 0 radical (unpaired) electrons. The summed E-state index contributed by atoms with van der Waals surface area (Å²) in [5.41, 5.74) is 2.31. The Bertz CT molecular complexity index is 507. The van der Waals surface area contributed by atoms with Crippen LogP contribution in [0.25, 0.3) is 0 Å². The van der Waals surface area contributed by atoms with Gasteiger partial charge >= 0.3 is 0 Å². The topological polar surface area (TPSA) is 41.9 Å². The second-order valence-electron chi connectivity index (χ2n) is 3.97. The Morgan fingerprint density at radius 2 is 1.89 bits per heavy atom. The van der Waals surface area contributed by atoms with Crippen molar-refractivity contribution in [3.8, 4) is 0 Å². The van der Waals surface area contributed by atoms with Gasteiger partial charge in [0.1, 0.15) is 0 Å². The molecule has 0 saturated carbocycles. The Labute approximate surface area is 112 Å². The number of nitrogens with one attached hydrogen (secondary N) is 2. The Balaban J connectivity index is 1.75. The smallest absolute Gasteiger partial charge is 0.166 e. The lowest BCUT2D eigenvalue weighted by Crippen LogP contribution is -2.34. The molecular weight excluding hydrogens is 244 g/mol. The van der Waals surface area contributed by atoms with Gasteiger partial charge in [-0.05, 0) is 23.8 Å². The van der Waals surface area contributed by atoms with E-state index in [-0.39, 0.29) is 0 Å². The molecule has 1 aromatic carbocycles. The highest BCUT2D eigenvalue weighted by atomic mass is 32.1. The second-order valence-corrected chi connectivity index (χ2v) is 4.38. The Morgan fingerprint density at radius 1 is 1.17 bits per heavy atom. The fourth-order valence-corrected chi connectivity index (χ4v) is 1.73. The number of rotatable bonds is 4. The number of hydrogen-bond donors (Lipinski definition) is 2. The van der Waals surface area contributed by atoms with Gasteiger partial charge in [0.2, 0.25) is 0 Å². The van der Waals surface area contributed by atoms with Crippen molar-refractivity contribution < 1.29 is 0 Å². The van der Waals surface area contributed by atoms with Gasteiger partial charge in [-0.1, -0.05) is 30.3 Å². The monoisotopic (exact) mass is 260 g/mol. The van der Waals surface area contributed by atoms with Gasteiger partial charge in [0, 0.05) is 19.8 Å². The normalized spacial score (nSPS) is 10.1. The maximum atomic E-state index is 5.22. The number of benzene rings is 1. The summed E-state index contributed by atoms with van der Waals surface area (Å²) in [5.74, 6) is 0. The van der Waals surface area contributed by atoms with Crippen molar-refractivity contribution >= 4 is 17.3 Å². The molecule has 0 amide bonds. The van der Waals surface area contributed by atoms with Gasteiger partial charge in [0.15, 0.2) is 5.11 Å². The molecule has 0 unspecified atom stereocenters. The number of aromatic nitrogens is 2.